The minimum Gasteiger partial charge on any atom is -0.299 e. The number of hydrogen-bond donors (Lipinski definition) is 1. The molecule has 0 saturated carbocycles. The summed E-state index contributed by atoms with van der Waals surface area (Å²) < 4.78 is 61.3. The molecule has 0 aliphatic rings. The van der Waals surface area contributed by atoms with Gasteiger partial charge in [0.1, 0.15) is 0 Å². The minimum atomic E-state index is -5.53. The van der Waals surface area contributed by atoms with Crippen LogP contribution in [0.1, 0.15) is 6.42 Å². The van der Waals surface area contributed by atoms with E-state index in [1.54, 1.807) is 0 Å². The molecule has 0 aliphatic heterocycles. The number of halogens is 3. The SMILES string of the molecule is O=P(O)(F)OCCCOP(=O)(F)F. The van der Waals surface area contributed by atoms with Crippen molar-refractivity contribution in [3.05, 3.63) is 0 Å². The predicted molar refractivity (Wildman–Crippen MR) is 37.3 cm³/mol. The van der Waals surface area contributed by atoms with Gasteiger partial charge in [0.25, 0.3) is 0 Å². The molecule has 0 spiro atoms. The molecule has 1 N–H and O–H groups in total. The Labute approximate surface area is 72.2 Å². The van der Waals surface area contributed by atoms with Gasteiger partial charge in [-0.3, -0.25) is 13.9 Å². The van der Waals surface area contributed by atoms with E-state index in [1.165, 1.54) is 0 Å². The van der Waals surface area contributed by atoms with Crippen molar-refractivity contribution >= 4 is 15.9 Å². The third-order valence-corrected chi connectivity index (χ3v) is 1.76. The van der Waals surface area contributed by atoms with Crippen molar-refractivity contribution < 1.29 is 35.7 Å². The molecule has 0 bridgehead atoms. The van der Waals surface area contributed by atoms with Gasteiger partial charge in [-0.15, -0.1) is 12.6 Å². The molecular weight excluding hydrogens is 235 g/mol. The summed E-state index contributed by atoms with van der Waals surface area (Å²) in [6, 6.07) is 0. The Morgan fingerprint density at radius 3 is 1.92 bits per heavy atom. The van der Waals surface area contributed by atoms with Crippen LogP contribution in [0.15, 0.2) is 0 Å². The highest BCUT2D eigenvalue weighted by Gasteiger charge is 2.20. The second-order valence-electron chi connectivity index (χ2n) is 1.89. The third kappa shape index (κ3) is 12.1. The van der Waals surface area contributed by atoms with Gasteiger partial charge >= 0.3 is 15.9 Å². The molecule has 13 heavy (non-hydrogen) atoms. The molecule has 0 amide bonds. The summed E-state index contributed by atoms with van der Waals surface area (Å²) in [7, 11) is -10.6. The molecule has 0 aromatic rings. The average Bonchev–Trinajstić information content (AvgIpc) is 1.81. The maximum absolute atomic E-state index is 11.7. The van der Waals surface area contributed by atoms with Crippen molar-refractivity contribution in [3.63, 3.8) is 0 Å². The minimum absolute atomic E-state index is 0.258. The highest BCUT2D eigenvalue weighted by molar-refractivity contribution is 7.47. The van der Waals surface area contributed by atoms with Gasteiger partial charge in [-0.05, 0) is 6.42 Å². The van der Waals surface area contributed by atoms with Crippen LogP contribution in [0.25, 0.3) is 0 Å². The molecule has 80 valence electrons. The molecule has 0 radical (unpaired) electrons. The normalized spacial score (nSPS) is 16.9. The van der Waals surface area contributed by atoms with E-state index < -0.39 is 29.1 Å². The van der Waals surface area contributed by atoms with Crippen molar-refractivity contribution in [2.75, 3.05) is 13.2 Å². The van der Waals surface area contributed by atoms with Gasteiger partial charge in [-0.25, -0.2) is 9.13 Å². The summed E-state index contributed by atoms with van der Waals surface area (Å²) >= 11 is 0. The maximum atomic E-state index is 11.7. The van der Waals surface area contributed by atoms with Gasteiger partial charge in [0.05, 0.1) is 13.2 Å². The average molecular weight is 242 g/mol. The fourth-order valence-electron chi connectivity index (χ4n) is 0.407. The fourth-order valence-corrected chi connectivity index (χ4v) is 1.10. The van der Waals surface area contributed by atoms with Crippen LogP contribution in [-0.4, -0.2) is 18.1 Å². The first-order chi connectivity index (χ1) is 5.71. The molecule has 0 aromatic carbocycles. The highest BCUT2D eigenvalue weighted by Crippen LogP contribution is 2.50. The van der Waals surface area contributed by atoms with E-state index in [0.717, 1.165) is 0 Å². The van der Waals surface area contributed by atoms with Gasteiger partial charge in [0.15, 0.2) is 0 Å². The zero-order chi connectivity index (χ0) is 10.5. The molecule has 0 aromatic heterocycles. The topological polar surface area (TPSA) is 72.8 Å². The third-order valence-electron chi connectivity index (χ3n) is 0.781. The van der Waals surface area contributed by atoms with Crippen LogP contribution in [0.3, 0.4) is 0 Å². The lowest BCUT2D eigenvalue weighted by Crippen LogP contribution is -1.95. The van der Waals surface area contributed by atoms with Crippen LogP contribution in [0.2, 0.25) is 0 Å². The zero-order valence-corrected chi connectivity index (χ0v) is 8.02. The Morgan fingerprint density at radius 2 is 1.54 bits per heavy atom. The maximum Gasteiger partial charge on any atom is 0.551 e. The molecule has 0 aliphatic carbocycles. The van der Waals surface area contributed by atoms with Crippen molar-refractivity contribution in [1.29, 1.82) is 0 Å². The largest absolute Gasteiger partial charge is 0.551 e. The molecule has 0 heterocycles. The summed E-state index contributed by atoms with van der Waals surface area (Å²) in [6.07, 6.45) is -0.258. The summed E-state index contributed by atoms with van der Waals surface area (Å²) in [4.78, 5) is 7.90. The summed E-state index contributed by atoms with van der Waals surface area (Å²) in [6.45, 7) is -1.20. The van der Waals surface area contributed by atoms with Gasteiger partial charge in [-0.2, -0.15) is 0 Å². The Morgan fingerprint density at radius 1 is 1.08 bits per heavy atom. The standard InChI is InChI=1S/C3H7F3O5P2/c4-12(5,7)10-2-1-3-11-13(6,8)9/h1-3H2,(H,8,9). The Kier molecular flexibility index (Phi) is 5.17. The molecule has 5 nitrogen and oxygen atoms in total. The van der Waals surface area contributed by atoms with Crippen LogP contribution >= 0.6 is 15.9 Å². The summed E-state index contributed by atoms with van der Waals surface area (Å²) in [5, 5.41) is 0. The lowest BCUT2D eigenvalue weighted by molar-refractivity contribution is 0.192. The molecule has 0 saturated heterocycles. The van der Waals surface area contributed by atoms with Crippen LogP contribution in [0.4, 0.5) is 12.6 Å². The molecule has 1 unspecified atom stereocenters. The van der Waals surface area contributed by atoms with Crippen LogP contribution in [0, 0.1) is 0 Å². The quantitative estimate of drug-likeness (QED) is 0.572. The zero-order valence-electron chi connectivity index (χ0n) is 6.23. The number of rotatable bonds is 6. The molecular formula is C3H7F3O5P2. The van der Waals surface area contributed by atoms with E-state index in [2.05, 4.69) is 9.05 Å². The Balaban J connectivity index is 3.39. The molecule has 10 heteroatoms. The monoisotopic (exact) mass is 242 g/mol. The first-order valence-corrected chi connectivity index (χ1v) is 5.89. The van der Waals surface area contributed by atoms with E-state index >= 15 is 0 Å². The Hall–Kier alpha value is 0.130. The van der Waals surface area contributed by atoms with E-state index in [9.17, 15) is 21.7 Å². The summed E-state index contributed by atoms with van der Waals surface area (Å²) in [5.41, 5.74) is 0. The van der Waals surface area contributed by atoms with Crippen molar-refractivity contribution in [2.24, 2.45) is 0 Å². The smallest absolute Gasteiger partial charge is 0.299 e. The molecule has 0 fully saturated rings. The van der Waals surface area contributed by atoms with E-state index in [-0.39, 0.29) is 6.42 Å². The Bertz CT molecular complexity index is 209. The van der Waals surface area contributed by atoms with Crippen LogP contribution in [0.5, 0.6) is 0 Å². The van der Waals surface area contributed by atoms with Crippen LogP contribution in [-0.2, 0) is 18.2 Å². The summed E-state index contributed by atoms with van der Waals surface area (Å²) in [5.74, 6) is 0. The fraction of sp³-hybridized carbons (Fsp3) is 1.00. The van der Waals surface area contributed by atoms with E-state index in [0.29, 0.717) is 0 Å². The number of hydrogen-bond acceptors (Lipinski definition) is 4. The van der Waals surface area contributed by atoms with E-state index in [4.69, 9.17) is 4.89 Å². The van der Waals surface area contributed by atoms with Crippen molar-refractivity contribution in [1.82, 2.24) is 0 Å². The van der Waals surface area contributed by atoms with E-state index in [1.807, 2.05) is 0 Å². The van der Waals surface area contributed by atoms with Gasteiger partial charge in [0, 0.05) is 0 Å². The second-order valence-corrected chi connectivity index (χ2v) is 4.13. The first kappa shape index (κ1) is 13.1. The predicted octanol–water partition coefficient (Wildman–Crippen LogP) is 2.53. The lowest BCUT2D eigenvalue weighted by atomic mass is 10.5. The first-order valence-electron chi connectivity index (χ1n) is 3.01. The molecule has 0 rings (SSSR count). The molecule has 1 atom stereocenters. The highest BCUT2D eigenvalue weighted by atomic mass is 31.2. The van der Waals surface area contributed by atoms with Gasteiger partial charge < -0.3 is 0 Å². The van der Waals surface area contributed by atoms with Crippen molar-refractivity contribution in [3.8, 4) is 0 Å². The van der Waals surface area contributed by atoms with Gasteiger partial charge in [0.2, 0.25) is 0 Å². The van der Waals surface area contributed by atoms with Crippen molar-refractivity contribution in [2.45, 2.75) is 6.42 Å². The lowest BCUT2D eigenvalue weighted by Gasteiger charge is -2.03. The van der Waals surface area contributed by atoms with Gasteiger partial charge in [-0.1, -0.05) is 0 Å². The second kappa shape index (κ2) is 5.12. The van der Waals surface area contributed by atoms with Crippen LogP contribution < -0.4 is 0 Å².